The van der Waals surface area contributed by atoms with Gasteiger partial charge in [0.05, 0.1) is 44.2 Å². The highest BCUT2D eigenvalue weighted by Crippen LogP contribution is 2.30. The molecule has 1 aliphatic heterocycles. The molecular formula is C21H37N3O4. The molecule has 2 aromatic rings. The van der Waals surface area contributed by atoms with Crippen molar-refractivity contribution in [3.8, 4) is 11.5 Å². The Kier molecular flexibility index (Phi) is 13.8. The van der Waals surface area contributed by atoms with E-state index in [0.29, 0.717) is 29.0 Å². The second-order valence-electron chi connectivity index (χ2n) is 5.41. The summed E-state index contributed by atoms with van der Waals surface area (Å²) in [5.74, 6) is 1.16. The minimum atomic E-state index is -0.184. The predicted molar refractivity (Wildman–Crippen MR) is 116 cm³/mol. The molecule has 7 heteroatoms. The Morgan fingerprint density at radius 2 is 1.82 bits per heavy atom. The average molecular weight is 396 g/mol. The molecule has 7 nitrogen and oxygen atoms in total. The summed E-state index contributed by atoms with van der Waals surface area (Å²) in [4.78, 5) is 20.9. The van der Waals surface area contributed by atoms with Crippen molar-refractivity contribution in [2.45, 2.75) is 41.5 Å². The molecule has 1 N–H and O–H groups in total. The lowest BCUT2D eigenvalue weighted by Crippen LogP contribution is -2.37. The van der Waals surface area contributed by atoms with Gasteiger partial charge in [-0.15, -0.1) is 0 Å². The zero-order valence-corrected chi connectivity index (χ0v) is 17.2. The summed E-state index contributed by atoms with van der Waals surface area (Å²) in [6, 6.07) is 3.41. The number of nitrogens with zero attached hydrogens (tertiary/aromatic N) is 2. The zero-order valence-electron chi connectivity index (χ0n) is 17.2. The maximum Gasteiger partial charge on any atom is 0.258 e. The van der Waals surface area contributed by atoms with E-state index in [9.17, 15) is 4.79 Å². The number of methoxy groups -OCH3 is 1. The quantitative estimate of drug-likeness (QED) is 0.751. The van der Waals surface area contributed by atoms with Crippen LogP contribution >= 0.6 is 0 Å². The number of aromatic amines is 1. The summed E-state index contributed by atoms with van der Waals surface area (Å²) in [6.45, 7) is 13.1. The van der Waals surface area contributed by atoms with E-state index < -0.39 is 0 Å². The van der Waals surface area contributed by atoms with E-state index in [1.807, 2.05) is 27.7 Å². The van der Waals surface area contributed by atoms with Crippen LogP contribution in [0.5, 0.6) is 11.5 Å². The van der Waals surface area contributed by atoms with Crippen molar-refractivity contribution in [2.75, 3.05) is 46.6 Å². The van der Waals surface area contributed by atoms with Crippen LogP contribution in [-0.4, -0.2) is 61.4 Å². The van der Waals surface area contributed by atoms with Crippen molar-refractivity contribution >= 4 is 10.9 Å². The number of hydrogen-bond acceptors (Lipinski definition) is 6. The lowest BCUT2D eigenvalue weighted by Gasteiger charge is -2.26. The molecule has 2 heterocycles. The van der Waals surface area contributed by atoms with Crippen LogP contribution in [0.25, 0.3) is 10.9 Å². The smallest absolute Gasteiger partial charge is 0.258 e. The molecule has 0 amide bonds. The van der Waals surface area contributed by atoms with Crippen LogP contribution in [0.15, 0.2) is 23.3 Å². The van der Waals surface area contributed by atoms with Crippen molar-refractivity contribution < 1.29 is 14.2 Å². The summed E-state index contributed by atoms with van der Waals surface area (Å²) in [5.41, 5.74) is 0.405. The van der Waals surface area contributed by atoms with Crippen LogP contribution < -0.4 is 15.0 Å². The fourth-order valence-electron chi connectivity index (χ4n) is 2.64. The highest BCUT2D eigenvalue weighted by molar-refractivity contribution is 5.81. The van der Waals surface area contributed by atoms with Gasteiger partial charge in [-0.25, -0.2) is 4.98 Å². The highest BCUT2D eigenvalue weighted by Gasteiger charge is 2.12. The number of fused-ring (bicyclic) bond motifs is 1. The summed E-state index contributed by atoms with van der Waals surface area (Å²) in [6.07, 6.45) is 2.29. The van der Waals surface area contributed by atoms with Crippen LogP contribution in [0.4, 0.5) is 0 Å². The van der Waals surface area contributed by atoms with Crippen molar-refractivity contribution in [3.63, 3.8) is 0 Å². The van der Waals surface area contributed by atoms with E-state index in [1.165, 1.54) is 6.33 Å². The molecule has 0 radical (unpaired) electrons. The topological polar surface area (TPSA) is 76.7 Å². The van der Waals surface area contributed by atoms with Crippen molar-refractivity contribution in [1.29, 1.82) is 0 Å². The van der Waals surface area contributed by atoms with Crippen LogP contribution in [0.2, 0.25) is 0 Å². The standard InChI is InChI=1S/C16H21N3O4.2C2H6.CH4/c1-21-14-10-13-12(16(20)18-11-17-13)9-15(14)23-6-2-3-19-4-7-22-8-5-19;2*1-2;/h9-11H,2-8H2,1H3,(H,17,18,20);2*1-2H3;1H4. The van der Waals surface area contributed by atoms with E-state index in [1.54, 1.807) is 19.2 Å². The summed E-state index contributed by atoms with van der Waals surface area (Å²) >= 11 is 0. The first-order valence-electron chi connectivity index (χ1n) is 9.76. The van der Waals surface area contributed by atoms with Gasteiger partial charge in [0.2, 0.25) is 0 Å². The third kappa shape index (κ3) is 7.48. The van der Waals surface area contributed by atoms with Gasteiger partial charge in [0.25, 0.3) is 5.56 Å². The normalized spacial score (nSPS) is 13.3. The first-order valence-corrected chi connectivity index (χ1v) is 9.76. The van der Waals surface area contributed by atoms with Gasteiger partial charge in [-0.1, -0.05) is 35.1 Å². The van der Waals surface area contributed by atoms with E-state index in [2.05, 4.69) is 14.9 Å². The lowest BCUT2D eigenvalue weighted by molar-refractivity contribution is 0.0357. The molecule has 0 saturated carbocycles. The minimum absolute atomic E-state index is 0. The van der Waals surface area contributed by atoms with Crippen LogP contribution in [0.1, 0.15) is 41.5 Å². The molecule has 1 aromatic heterocycles. The number of benzene rings is 1. The minimum Gasteiger partial charge on any atom is -0.493 e. The van der Waals surface area contributed by atoms with Gasteiger partial charge >= 0.3 is 0 Å². The van der Waals surface area contributed by atoms with Gasteiger partial charge in [0, 0.05) is 25.7 Å². The first kappa shape index (κ1) is 25.9. The van der Waals surface area contributed by atoms with E-state index in [-0.39, 0.29) is 13.0 Å². The van der Waals surface area contributed by atoms with E-state index in [0.717, 1.165) is 39.3 Å². The Labute approximate surface area is 169 Å². The molecule has 0 unspecified atom stereocenters. The van der Waals surface area contributed by atoms with E-state index in [4.69, 9.17) is 14.2 Å². The molecule has 3 rings (SSSR count). The fourth-order valence-corrected chi connectivity index (χ4v) is 2.64. The monoisotopic (exact) mass is 395 g/mol. The Morgan fingerprint density at radius 3 is 2.46 bits per heavy atom. The number of rotatable bonds is 6. The molecule has 0 atom stereocenters. The number of ether oxygens (including phenoxy) is 3. The Balaban J connectivity index is 0.00000137. The summed E-state index contributed by atoms with van der Waals surface area (Å²) < 4.78 is 16.5. The fraction of sp³-hybridized carbons (Fsp3) is 0.619. The van der Waals surface area contributed by atoms with Crippen molar-refractivity contribution in [3.05, 3.63) is 28.8 Å². The molecular weight excluding hydrogens is 358 g/mol. The number of morpholine rings is 1. The lowest BCUT2D eigenvalue weighted by atomic mass is 10.2. The Hall–Kier alpha value is -2.12. The number of nitrogens with one attached hydrogen (secondary N) is 1. The van der Waals surface area contributed by atoms with Gasteiger partial charge < -0.3 is 19.2 Å². The molecule has 1 fully saturated rings. The maximum absolute atomic E-state index is 11.9. The molecule has 0 bridgehead atoms. The largest absolute Gasteiger partial charge is 0.493 e. The predicted octanol–water partition coefficient (Wildman–Crippen LogP) is 3.72. The van der Waals surface area contributed by atoms with Gasteiger partial charge in [-0.05, 0) is 12.5 Å². The number of aromatic nitrogens is 2. The van der Waals surface area contributed by atoms with Gasteiger partial charge in [0.15, 0.2) is 11.5 Å². The zero-order chi connectivity index (χ0) is 20.1. The van der Waals surface area contributed by atoms with Crippen LogP contribution in [-0.2, 0) is 4.74 Å². The maximum atomic E-state index is 11.9. The molecule has 1 aliphatic rings. The van der Waals surface area contributed by atoms with Crippen LogP contribution in [0.3, 0.4) is 0 Å². The van der Waals surface area contributed by atoms with Gasteiger partial charge in [-0.3, -0.25) is 9.69 Å². The SMILES string of the molecule is C.CC.CC.COc1cc2nc[nH]c(=O)c2cc1OCCCN1CCOCC1. The second-order valence-corrected chi connectivity index (χ2v) is 5.41. The average Bonchev–Trinajstić information content (AvgIpc) is 2.75. The van der Waals surface area contributed by atoms with Gasteiger partial charge in [-0.2, -0.15) is 0 Å². The molecule has 28 heavy (non-hydrogen) atoms. The van der Waals surface area contributed by atoms with Crippen LogP contribution in [0, 0.1) is 0 Å². The molecule has 0 spiro atoms. The second kappa shape index (κ2) is 14.9. The summed E-state index contributed by atoms with van der Waals surface area (Å²) in [7, 11) is 1.58. The van der Waals surface area contributed by atoms with Crippen molar-refractivity contribution in [2.24, 2.45) is 0 Å². The molecule has 1 aromatic carbocycles. The summed E-state index contributed by atoms with van der Waals surface area (Å²) in [5, 5.41) is 0.497. The molecule has 1 saturated heterocycles. The van der Waals surface area contributed by atoms with Crippen molar-refractivity contribution in [1.82, 2.24) is 14.9 Å². The highest BCUT2D eigenvalue weighted by atomic mass is 16.5. The Morgan fingerprint density at radius 1 is 1.14 bits per heavy atom. The third-order valence-corrected chi connectivity index (χ3v) is 3.91. The third-order valence-electron chi connectivity index (χ3n) is 3.91. The molecule has 0 aliphatic carbocycles. The van der Waals surface area contributed by atoms with E-state index >= 15 is 0 Å². The van der Waals surface area contributed by atoms with Gasteiger partial charge in [0.1, 0.15) is 0 Å². The molecule has 160 valence electrons. The number of hydrogen-bond donors (Lipinski definition) is 1. The Bertz CT molecular complexity index is 712. The number of H-pyrrole nitrogens is 1. The first-order chi connectivity index (χ1) is 13.3.